The van der Waals surface area contributed by atoms with E-state index in [2.05, 4.69) is 15.4 Å². The maximum atomic E-state index is 11.9. The van der Waals surface area contributed by atoms with E-state index in [-0.39, 0.29) is 6.04 Å². The predicted octanol–water partition coefficient (Wildman–Crippen LogP) is 2.82. The van der Waals surface area contributed by atoms with Crippen molar-refractivity contribution in [1.29, 1.82) is 0 Å². The van der Waals surface area contributed by atoms with E-state index in [1.807, 2.05) is 17.8 Å². The second-order valence-corrected chi connectivity index (χ2v) is 6.50. The first-order valence-corrected chi connectivity index (χ1v) is 8.82. The van der Waals surface area contributed by atoms with Crippen molar-refractivity contribution in [3.63, 3.8) is 0 Å². The number of aromatic nitrogens is 3. The lowest BCUT2D eigenvalue weighted by Crippen LogP contribution is -2.30. The summed E-state index contributed by atoms with van der Waals surface area (Å²) in [5, 5.41) is 17.0. The highest BCUT2D eigenvalue weighted by atomic mass is 16.5. The van der Waals surface area contributed by atoms with Crippen LogP contribution in [-0.2, 0) is 4.74 Å². The van der Waals surface area contributed by atoms with Crippen molar-refractivity contribution in [2.24, 2.45) is 0 Å². The third kappa shape index (κ3) is 4.18. The van der Waals surface area contributed by atoms with Gasteiger partial charge in [-0.2, -0.15) is 5.10 Å². The molecule has 2 aromatic rings. The predicted molar refractivity (Wildman–Crippen MR) is 98.3 cm³/mol. The van der Waals surface area contributed by atoms with Gasteiger partial charge < -0.3 is 20.1 Å². The molecule has 2 N–H and O–H groups in total. The van der Waals surface area contributed by atoms with Gasteiger partial charge in [-0.3, -0.25) is 9.67 Å². The van der Waals surface area contributed by atoms with Crippen molar-refractivity contribution in [1.82, 2.24) is 19.7 Å². The molecule has 1 amide bonds. The summed E-state index contributed by atoms with van der Waals surface area (Å²) in [5.41, 5.74) is 2.50. The molecule has 1 fully saturated rings. The second kappa shape index (κ2) is 8.07. The van der Waals surface area contributed by atoms with Gasteiger partial charge in [0.1, 0.15) is 0 Å². The van der Waals surface area contributed by atoms with Gasteiger partial charge in [0.2, 0.25) is 0 Å². The normalized spacial score (nSPS) is 17.3. The van der Waals surface area contributed by atoms with E-state index in [0.29, 0.717) is 30.8 Å². The number of carbonyl (C=O) groups excluding carboxylic acids is 1. The Morgan fingerprint density at radius 3 is 2.85 bits per heavy atom. The third-order valence-corrected chi connectivity index (χ3v) is 4.75. The number of pyridine rings is 1. The van der Waals surface area contributed by atoms with Crippen molar-refractivity contribution in [3.8, 4) is 0 Å². The zero-order valence-corrected chi connectivity index (χ0v) is 15.4. The Morgan fingerprint density at radius 1 is 1.30 bits per heavy atom. The van der Waals surface area contributed by atoms with Crippen LogP contribution in [0.2, 0.25) is 0 Å². The van der Waals surface area contributed by atoms with Crippen LogP contribution in [0.5, 0.6) is 0 Å². The molecule has 0 radical (unpaired) electrons. The van der Waals surface area contributed by atoms with Crippen LogP contribution in [0.1, 0.15) is 41.4 Å². The fourth-order valence-electron chi connectivity index (χ4n) is 3.25. The summed E-state index contributed by atoms with van der Waals surface area (Å²) in [5.74, 6) is -0.442. The number of methoxy groups -OCH3 is 1. The number of likely N-dealkylation sites (tertiary alicyclic amines) is 1. The molecule has 0 saturated carbocycles. The van der Waals surface area contributed by atoms with Crippen molar-refractivity contribution in [2.75, 3.05) is 25.5 Å². The number of ether oxygens (including phenoxy) is 1. The molecule has 1 aliphatic heterocycles. The molecule has 0 spiro atoms. The molecule has 1 saturated heterocycles. The maximum Gasteiger partial charge on any atom is 0.407 e. The summed E-state index contributed by atoms with van der Waals surface area (Å²) in [6.07, 6.45) is 6.50. The minimum atomic E-state index is -0.874. The molecule has 0 bridgehead atoms. The van der Waals surface area contributed by atoms with Crippen LogP contribution in [0.15, 0.2) is 24.7 Å². The summed E-state index contributed by atoms with van der Waals surface area (Å²) in [4.78, 5) is 28.6. The maximum absolute atomic E-state index is 11.9. The largest absolute Gasteiger partial charge is 0.465 e. The van der Waals surface area contributed by atoms with Crippen molar-refractivity contribution >= 4 is 23.4 Å². The van der Waals surface area contributed by atoms with Gasteiger partial charge in [0, 0.05) is 25.5 Å². The first kappa shape index (κ1) is 18.7. The average molecular weight is 373 g/mol. The van der Waals surface area contributed by atoms with E-state index in [1.165, 1.54) is 18.2 Å². The third-order valence-electron chi connectivity index (χ3n) is 4.75. The SMILES string of the molecule is COC(=O)c1ccncc1Nc1cn(C2CCCN(C(=O)O)CC2)nc1C. The zero-order chi connectivity index (χ0) is 19.4. The lowest BCUT2D eigenvalue weighted by atomic mass is 10.1. The van der Waals surface area contributed by atoms with Gasteiger partial charge in [-0.05, 0) is 32.3 Å². The highest BCUT2D eigenvalue weighted by Gasteiger charge is 2.22. The number of amides is 1. The van der Waals surface area contributed by atoms with Crippen molar-refractivity contribution in [2.45, 2.75) is 32.2 Å². The lowest BCUT2D eigenvalue weighted by Gasteiger charge is -2.16. The Morgan fingerprint density at radius 2 is 2.11 bits per heavy atom. The van der Waals surface area contributed by atoms with E-state index in [1.54, 1.807) is 12.3 Å². The second-order valence-electron chi connectivity index (χ2n) is 6.50. The molecule has 0 aromatic carbocycles. The molecule has 1 atom stereocenters. The summed E-state index contributed by atoms with van der Waals surface area (Å²) in [7, 11) is 1.34. The van der Waals surface area contributed by atoms with Gasteiger partial charge in [-0.15, -0.1) is 0 Å². The molecule has 3 rings (SSSR count). The molecule has 1 unspecified atom stereocenters. The van der Waals surface area contributed by atoms with E-state index in [0.717, 1.165) is 24.2 Å². The van der Waals surface area contributed by atoms with Gasteiger partial charge in [-0.1, -0.05) is 0 Å². The molecule has 0 aliphatic carbocycles. The van der Waals surface area contributed by atoms with Crippen LogP contribution >= 0.6 is 0 Å². The number of carbonyl (C=O) groups is 2. The fourth-order valence-corrected chi connectivity index (χ4v) is 3.25. The number of aryl methyl sites for hydroxylation is 1. The Balaban J connectivity index is 1.78. The summed E-state index contributed by atoms with van der Waals surface area (Å²) < 4.78 is 6.69. The lowest BCUT2D eigenvalue weighted by molar-refractivity contribution is 0.0601. The fraction of sp³-hybridized carbons (Fsp3) is 0.444. The smallest absolute Gasteiger partial charge is 0.407 e. The van der Waals surface area contributed by atoms with Crippen molar-refractivity contribution < 1.29 is 19.4 Å². The molecular weight excluding hydrogens is 350 g/mol. The first-order chi connectivity index (χ1) is 13.0. The monoisotopic (exact) mass is 373 g/mol. The van der Waals surface area contributed by atoms with Gasteiger partial charge in [0.15, 0.2) is 0 Å². The Kier molecular flexibility index (Phi) is 5.58. The van der Waals surface area contributed by atoms with Crippen LogP contribution in [0.25, 0.3) is 0 Å². The number of carboxylic acid groups (broad SMARTS) is 1. The Hall–Kier alpha value is -3.10. The van der Waals surface area contributed by atoms with Crippen LogP contribution in [0.3, 0.4) is 0 Å². The number of esters is 1. The standard InChI is InChI=1S/C18H23N5O4/c1-12-16(20-15-10-19-7-5-14(15)17(24)27-2)11-23(21-12)13-4-3-8-22(9-6-13)18(25)26/h5,7,10-11,13,20H,3-4,6,8-9H2,1-2H3,(H,25,26). The molecule has 144 valence electrons. The van der Waals surface area contributed by atoms with Gasteiger partial charge in [-0.25, -0.2) is 9.59 Å². The minimum Gasteiger partial charge on any atom is -0.465 e. The van der Waals surface area contributed by atoms with E-state index in [4.69, 9.17) is 4.74 Å². The number of nitrogens with zero attached hydrogens (tertiary/aromatic N) is 4. The highest BCUT2D eigenvalue weighted by Crippen LogP contribution is 2.27. The number of rotatable bonds is 4. The van der Waals surface area contributed by atoms with Crippen molar-refractivity contribution in [3.05, 3.63) is 35.9 Å². The average Bonchev–Trinajstić information content (AvgIpc) is 2.87. The first-order valence-electron chi connectivity index (χ1n) is 8.82. The summed E-state index contributed by atoms with van der Waals surface area (Å²) >= 11 is 0. The van der Waals surface area contributed by atoms with E-state index in [9.17, 15) is 14.7 Å². The van der Waals surface area contributed by atoms with Crippen LogP contribution in [-0.4, -0.2) is 57.0 Å². The van der Waals surface area contributed by atoms with Gasteiger partial charge >= 0.3 is 12.1 Å². The van der Waals surface area contributed by atoms with Crippen LogP contribution in [0.4, 0.5) is 16.2 Å². The van der Waals surface area contributed by atoms with Crippen LogP contribution in [0, 0.1) is 6.92 Å². The quantitative estimate of drug-likeness (QED) is 0.793. The summed E-state index contributed by atoms with van der Waals surface area (Å²) in [6.45, 7) is 2.93. The van der Waals surface area contributed by atoms with E-state index >= 15 is 0 Å². The van der Waals surface area contributed by atoms with Gasteiger partial charge in [0.05, 0.1) is 42.0 Å². The number of hydrogen-bond donors (Lipinski definition) is 2. The zero-order valence-electron chi connectivity index (χ0n) is 15.4. The highest BCUT2D eigenvalue weighted by molar-refractivity contribution is 5.96. The minimum absolute atomic E-state index is 0.137. The van der Waals surface area contributed by atoms with E-state index < -0.39 is 12.1 Å². The Bertz CT molecular complexity index is 835. The topological polar surface area (TPSA) is 110 Å². The summed E-state index contributed by atoms with van der Waals surface area (Å²) in [6, 6.07) is 1.73. The molecular formula is C18H23N5O4. The molecule has 3 heterocycles. The van der Waals surface area contributed by atoms with Crippen LogP contribution < -0.4 is 5.32 Å². The molecule has 27 heavy (non-hydrogen) atoms. The molecule has 9 nitrogen and oxygen atoms in total. The van der Waals surface area contributed by atoms with Gasteiger partial charge in [0.25, 0.3) is 0 Å². The Labute approximate surface area is 156 Å². The molecule has 1 aliphatic rings. The molecule has 9 heteroatoms. The molecule has 2 aromatic heterocycles. The number of nitrogens with one attached hydrogen (secondary N) is 1. The number of hydrogen-bond acceptors (Lipinski definition) is 6. The number of anilines is 2.